The zero-order valence-electron chi connectivity index (χ0n) is 9.20. The minimum Gasteiger partial charge on any atom is -0.346 e. The lowest BCUT2D eigenvalue weighted by Gasteiger charge is -2.39. The number of hydrogen-bond acceptors (Lipinski definition) is 5. The van der Waals surface area contributed by atoms with Crippen LogP contribution in [-0.4, -0.2) is 44.5 Å². The summed E-state index contributed by atoms with van der Waals surface area (Å²) in [5, 5.41) is 22.7. The van der Waals surface area contributed by atoms with Gasteiger partial charge in [-0.15, -0.1) is 5.06 Å². The highest BCUT2D eigenvalue weighted by atomic mass is 16.6. The molecule has 1 saturated carbocycles. The lowest BCUT2D eigenvalue weighted by Crippen LogP contribution is -2.59. The number of fused-ring (bicyclic) bond motifs is 1. The Morgan fingerprint density at radius 2 is 2.18 bits per heavy atom. The standard InChI is InChI=1S/C10H14N4O3/c15-9-13(7-3-1-2-4-7)5-8-10(16,14(9)17)12-6-11-8/h5-7,16-17H,1-4H2,(H,11,12). The number of hydrogen-bond donors (Lipinski definition) is 3. The number of carbonyl (C=O) groups excluding carboxylic acids is 1. The molecule has 3 rings (SSSR count). The maximum absolute atomic E-state index is 12.0. The third-order valence-electron chi connectivity index (χ3n) is 3.51. The number of aliphatic hydroxyl groups is 1. The van der Waals surface area contributed by atoms with E-state index >= 15 is 0 Å². The highest BCUT2D eigenvalue weighted by Gasteiger charge is 2.50. The van der Waals surface area contributed by atoms with Gasteiger partial charge in [0.1, 0.15) is 5.70 Å². The zero-order chi connectivity index (χ0) is 12.0. The molecule has 0 saturated heterocycles. The fourth-order valence-corrected chi connectivity index (χ4v) is 2.53. The van der Waals surface area contributed by atoms with E-state index in [1.807, 2.05) is 0 Å². The van der Waals surface area contributed by atoms with Crippen LogP contribution in [0.5, 0.6) is 0 Å². The summed E-state index contributed by atoms with van der Waals surface area (Å²) in [7, 11) is 0. The van der Waals surface area contributed by atoms with Gasteiger partial charge >= 0.3 is 11.9 Å². The van der Waals surface area contributed by atoms with Crippen molar-refractivity contribution >= 4 is 12.4 Å². The van der Waals surface area contributed by atoms with Crippen molar-refractivity contribution in [3.8, 4) is 0 Å². The van der Waals surface area contributed by atoms with Crippen molar-refractivity contribution in [3.05, 3.63) is 11.9 Å². The lowest BCUT2D eigenvalue weighted by molar-refractivity contribution is -0.209. The molecule has 92 valence electrons. The van der Waals surface area contributed by atoms with Gasteiger partial charge in [-0.05, 0) is 12.8 Å². The molecule has 0 bridgehead atoms. The molecule has 3 N–H and O–H groups in total. The smallest absolute Gasteiger partial charge is 0.346 e. The molecule has 1 aliphatic carbocycles. The Morgan fingerprint density at radius 1 is 1.47 bits per heavy atom. The average molecular weight is 238 g/mol. The molecule has 1 fully saturated rings. The van der Waals surface area contributed by atoms with Gasteiger partial charge in [0.15, 0.2) is 0 Å². The van der Waals surface area contributed by atoms with Crippen LogP contribution in [0.15, 0.2) is 16.9 Å². The number of hydroxylamine groups is 2. The van der Waals surface area contributed by atoms with Crippen molar-refractivity contribution in [1.82, 2.24) is 15.3 Å². The molecule has 2 heterocycles. The summed E-state index contributed by atoms with van der Waals surface area (Å²) in [6.45, 7) is 0. The van der Waals surface area contributed by atoms with E-state index in [1.54, 1.807) is 0 Å². The van der Waals surface area contributed by atoms with Gasteiger partial charge in [0.25, 0.3) is 0 Å². The topological polar surface area (TPSA) is 88.4 Å². The van der Waals surface area contributed by atoms with E-state index in [1.165, 1.54) is 17.4 Å². The monoisotopic (exact) mass is 238 g/mol. The molecule has 7 heteroatoms. The first-order chi connectivity index (χ1) is 8.13. The van der Waals surface area contributed by atoms with Crippen LogP contribution in [0.3, 0.4) is 0 Å². The summed E-state index contributed by atoms with van der Waals surface area (Å²) in [5.41, 5.74) is 0.298. The average Bonchev–Trinajstić information content (AvgIpc) is 2.93. The van der Waals surface area contributed by atoms with Crippen molar-refractivity contribution in [2.75, 3.05) is 0 Å². The first kappa shape index (κ1) is 10.5. The fourth-order valence-electron chi connectivity index (χ4n) is 2.53. The molecule has 0 radical (unpaired) electrons. The number of rotatable bonds is 1. The van der Waals surface area contributed by atoms with Crippen LogP contribution in [0, 0.1) is 0 Å². The second-order valence-electron chi connectivity index (χ2n) is 4.52. The quantitative estimate of drug-likeness (QED) is 0.568. The predicted molar refractivity (Wildman–Crippen MR) is 57.8 cm³/mol. The maximum Gasteiger partial charge on any atom is 0.352 e. The molecule has 17 heavy (non-hydrogen) atoms. The van der Waals surface area contributed by atoms with E-state index in [0.29, 0.717) is 5.70 Å². The second-order valence-corrected chi connectivity index (χ2v) is 4.52. The molecule has 0 aromatic heterocycles. The van der Waals surface area contributed by atoms with Crippen LogP contribution in [0.4, 0.5) is 4.79 Å². The molecule has 3 aliphatic rings. The van der Waals surface area contributed by atoms with Gasteiger partial charge in [0.2, 0.25) is 0 Å². The van der Waals surface area contributed by atoms with Gasteiger partial charge in [0, 0.05) is 12.2 Å². The molecule has 2 aliphatic heterocycles. The Bertz CT molecular complexity index is 416. The van der Waals surface area contributed by atoms with Gasteiger partial charge in [-0.3, -0.25) is 10.1 Å². The number of nitrogens with zero attached hydrogens (tertiary/aromatic N) is 3. The van der Waals surface area contributed by atoms with E-state index in [0.717, 1.165) is 25.7 Å². The normalized spacial score (nSPS) is 32.8. The molecule has 7 nitrogen and oxygen atoms in total. The molecular weight excluding hydrogens is 224 g/mol. The third-order valence-corrected chi connectivity index (χ3v) is 3.51. The summed E-state index contributed by atoms with van der Waals surface area (Å²) in [5.74, 6) is -1.98. The summed E-state index contributed by atoms with van der Waals surface area (Å²) in [6, 6.07) is -0.541. The van der Waals surface area contributed by atoms with Gasteiger partial charge < -0.3 is 10.4 Å². The van der Waals surface area contributed by atoms with Crippen LogP contribution >= 0.6 is 0 Å². The van der Waals surface area contributed by atoms with Crippen molar-refractivity contribution in [2.24, 2.45) is 4.99 Å². The highest BCUT2D eigenvalue weighted by Crippen LogP contribution is 2.33. The highest BCUT2D eigenvalue weighted by molar-refractivity contribution is 5.79. The Hall–Kier alpha value is -1.60. The largest absolute Gasteiger partial charge is 0.352 e. The van der Waals surface area contributed by atoms with Crippen LogP contribution in [0.25, 0.3) is 0 Å². The first-order valence-corrected chi connectivity index (χ1v) is 5.69. The fraction of sp³-hybridized carbons (Fsp3) is 0.600. The van der Waals surface area contributed by atoms with E-state index in [2.05, 4.69) is 10.3 Å². The Labute approximate surface area is 98.0 Å². The van der Waals surface area contributed by atoms with Crippen LogP contribution in [0.2, 0.25) is 0 Å². The van der Waals surface area contributed by atoms with Crippen LogP contribution in [0.1, 0.15) is 25.7 Å². The minimum absolute atomic E-state index is 0.0941. The SMILES string of the molecule is O=C1N(C2CCCC2)C=C2NC=NC2(O)N1O. The molecule has 1 atom stereocenters. The van der Waals surface area contributed by atoms with Crippen LogP contribution < -0.4 is 5.32 Å². The van der Waals surface area contributed by atoms with Gasteiger partial charge in [-0.2, -0.15) is 0 Å². The second kappa shape index (κ2) is 3.44. The minimum atomic E-state index is -1.98. The van der Waals surface area contributed by atoms with Gasteiger partial charge in [-0.1, -0.05) is 12.8 Å². The number of aliphatic imine (C=N–C) groups is 1. The number of nitrogens with one attached hydrogen (secondary N) is 1. The number of amides is 2. The lowest BCUT2D eigenvalue weighted by atomic mass is 10.2. The van der Waals surface area contributed by atoms with Gasteiger partial charge in [-0.25, -0.2) is 9.79 Å². The van der Waals surface area contributed by atoms with Crippen molar-refractivity contribution in [1.29, 1.82) is 0 Å². The molecule has 0 spiro atoms. The van der Waals surface area contributed by atoms with Crippen molar-refractivity contribution < 1.29 is 15.1 Å². The van der Waals surface area contributed by atoms with E-state index in [-0.39, 0.29) is 11.1 Å². The predicted octanol–water partition coefficient (Wildman–Crippen LogP) is 0.175. The molecular formula is C10H14N4O3. The third kappa shape index (κ3) is 1.36. The first-order valence-electron chi connectivity index (χ1n) is 5.69. The number of carbonyl (C=O) groups is 1. The molecule has 0 aromatic rings. The Balaban J connectivity index is 1.95. The maximum atomic E-state index is 12.0. The molecule has 1 unspecified atom stereocenters. The van der Waals surface area contributed by atoms with E-state index in [4.69, 9.17) is 0 Å². The Morgan fingerprint density at radius 3 is 2.88 bits per heavy atom. The number of urea groups is 1. The summed E-state index contributed by atoms with van der Waals surface area (Å²) >= 11 is 0. The van der Waals surface area contributed by atoms with Crippen molar-refractivity contribution in [2.45, 2.75) is 37.6 Å². The van der Waals surface area contributed by atoms with E-state index in [9.17, 15) is 15.1 Å². The summed E-state index contributed by atoms with van der Waals surface area (Å²) in [4.78, 5) is 17.1. The Kier molecular flexibility index (Phi) is 2.14. The van der Waals surface area contributed by atoms with Crippen molar-refractivity contribution in [3.63, 3.8) is 0 Å². The van der Waals surface area contributed by atoms with E-state index < -0.39 is 11.9 Å². The van der Waals surface area contributed by atoms with Crippen LogP contribution in [-0.2, 0) is 0 Å². The summed E-state index contributed by atoms with van der Waals surface area (Å²) < 4.78 is 0. The summed E-state index contributed by atoms with van der Waals surface area (Å²) in [6.07, 6.45) is 6.80. The molecule has 0 aromatic carbocycles. The van der Waals surface area contributed by atoms with Gasteiger partial charge in [0.05, 0.1) is 6.34 Å². The molecule has 2 amide bonds. The zero-order valence-corrected chi connectivity index (χ0v) is 9.20.